The molecule has 0 bridgehead atoms. The van der Waals surface area contributed by atoms with Crippen molar-refractivity contribution in [2.45, 2.75) is 6.92 Å². The summed E-state index contributed by atoms with van der Waals surface area (Å²) >= 11 is 16.7. The van der Waals surface area contributed by atoms with Crippen LogP contribution in [-0.2, 0) is 0 Å². The standard InChI is InChI=1S/C16H14Cl2N2O3S/c1-2-23-11-5-3-9(4-6-11)15(22)20-16(24)19-10-7-12(17)14(21)13(18)8-10/h3-8,21H,2H2,1H3,(H2,19,20,22,24). The Kier molecular flexibility index (Phi) is 6.25. The number of benzene rings is 2. The number of carbonyl (C=O) groups excluding carboxylic acids is 1. The topological polar surface area (TPSA) is 70.6 Å². The molecule has 0 aliphatic carbocycles. The second-order valence-electron chi connectivity index (χ2n) is 4.65. The fourth-order valence-corrected chi connectivity index (χ4v) is 2.54. The molecule has 0 atom stereocenters. The zero-order chi connectivity index (χ0) is 17.7. The minimum absolute atomic E-state index is 0.0747. The monoisotopic (exact) mass is 384 g/mol. The van der Waals surface area contributed by atoms with Crippen LogP contribution in [0.2, 0.25) is 10.0 Å². The van der Waals surface area contributed by atoms with E-state index in [1.807, 2.05) is 6.92 Å². The number of amides is 1. The van der Waals surface area contributed by atoms with Crippen molar-refractivity contribution in [2.75, 3.05) is 11.9 Å². The zero-order valence-corrected chi connectivity index (χ0v) is 14.9. The van der Waals surface area contributed by atoms with Gasteiger partial charge in [-0.2, -0.15) is 0 Å². The number of carbonyl (C=O) groups is 1. The Morgan fingerprint density at radius 3 is 2.33 bits per heavy atom. The number of phenols is 1. The number of anilines is 1. The lowest BCUT2D eigenvalue weighted by Gasteiger charge is -2.11. The summed E-state index contributed by atoms with van der Waals surface area (Å²) in [5.41, 5.74) is 0.879. The first-order valence-corrected chi connectivity index (χ1v) is 8.10. The Morgan fingerprint density at radius 1 is 1.21 bits per heavy atom. The van der Waals surface area contributed by atoms with Crippen LogP contribution in [0.5, 0.6) is 11.5 Å². The Bertz CT molecular complexity index is 743. The van der Waals surface area contributed by atoms with Crippen molar-refractivity contribution in [3.8, 4) is 11.5 Å². The molecular weight excluding hydrogens is 371 g/mol. The molecule has 0 aromatic heterocycles. The van der Waals surface area contributed by atoms with E-state index in [9.17, 15) is 9.90 Å². The van der Waals surface area contributed by atoms with Gasteiger partial charge in [0.1, 0.15) is 5.75 Å². The van der Waals surface area contributed by atoms with Gasteiger partial charge in [-0.15, -0.1) is 0 Å². The second kappa shape index (κ2) is 8.19. The average Bonchev–Trinajstić information content (AvgIpc) is 2.53. The highest BCUT2D eigenvalue weighted by Crippen LogP contribution is 2.34. The lowest BCUT2D eigenvalue weighted by atomic mass is 10.2. The molecule has 0 saturated carbocycles. The Morgan fingerprint density at radius 2 is 1.79 bits per heavy atom. The summed E-state index contributed by atoms with van der Waals surface area (Å²) in [4.78, 5) is 12.1. The van der Waals surface area contributed by atoms with E-state index in [0.717, 1.165) is 0 Å². The molecule has 0 fully saturated rings. The fraction of sp³-hybridized carbons (Fsp3) is 0.125. The smallest absolute Gasteiger partial charge is 0.257 e. The van der Waals surface area contributed by atoms with Crippen LogP contribution in [0.4, 0.5) is 5.69 Å². The molecule has 0 spiro atoms. The molecule has 2 rings (SSSR count). The van der Waals surface area contributed by atoms with Gasteiger partial charge in [-0.05, 0) is 55.5 Å². The molecule has 0 saturated heterocycles. The molecule has 8 heteroatoms. The number of hydrogen-bond acceptors (Lipinski definition) is 4. The van der Waals surface area contributed by atoms with Gasteiger partial charge in [0.05, 0.1) is 16.7 Å². The van der Waals surface area contributed by atoms with E-state index in [1.165, 1.54) is 12.1 Å². The summed E-state index contributed by atoms with van der Waals surface area (Å²) in [5, 5.41) is 15.1. The van der Waals surface area contributed by atoms with Gasteiger partial charge in [-0.25, -0.2) is 0 Å². The molecule has 5 nitrogen and oxygen atoms in total. The van der Waals surface area contributed by atoms with Crippen molar-refractivity contribution in [2.24, 2.45) is 0 Å². The lowest BCUT2D eigenvalue weighted by Crippen LogP contribution is -2.34. The predicted octanol–water partition coefficient (Wildman–Crippen LogP) is 4.22. The maximum absolute atomic E-state index is 12.1. The van der Waals surface area contributed by atoms with Gasteiger partial charge in [0.2, 0.25) is 0 Å². The van der Waals surface area contributed by atoms with Crippen LogP contribution in [0.25, 0.3) is 0 Å². The molecule has 24 heavy (non-hydrogen) atoms. The minimum Gasteiger partial charge on any atom is -0.505 e. The van der Waals surface area contributed by atoms with Crippen LogP contribution < -0.4 is 15.4 Å². The number of thiocarbonyl (C=S) groups is 1. The first-order valence-electron chi connectivity index (χ1n) is 6.94. The molecule has 0 heterocycles. The van der Waals surface area contributed by atoms with E-state index in [2.05, 4.69) is 10.6 Å². The van der Waals surface area contributed by atoms with E-state index in [0.29, 0.717) is 23.6 Å². The summed E-state index contributed by atoms with van der Waals surface area (Å²) in [7, 11) is 0. The molecule has 0 unspecified atom stereocenters. The molecule has 2 aromatic rings. The van der Waals surface area contributed by atoms with Gasteiger partial charge in [0.25, 0.3) is 5.91 Å². The normalized spacial score (nSPS) is 10.1. The first kappa shape index (κ1) is 18.3. The van der Waals surface area contributed by atoms with E-state index in [1.54, 1.807) is 24.3 Å². The molecule has 2 aromatic carbocycles. The maximum Gasteiger partial charge on any atom is 0.257 e. The van der Waals surface area contributed by atoms with Crippen LogP contribution in [0.3, 0.4) is 0 Å². The third-order valence-corrected chi connectivity index (χ3v) is 3.71. The summed E-state index contributed by atoms with van der Waals surface area (Å²) < 4.78 is 5.32. The number of aromatic hydroxyl groups is 1. The number of hydrogen-bond donors (Lipinski definition) is 3. The number of halogens is 2. The Balaban J connectivity index is 2.00. The third kappa shape index (κ3) is 4.74. The summed E-state index contributed by atoms with van der Waals surface area (Å²) in [6, 6.07) is 9.56. The van der Waals surface area contributed by atoms with Crippen LogP contribution in [0.15, 0.2) is 36.4 Å². The van der Waals surface area contributed by atoms with Gasteiger partial charge < -0.3 is 15.2 Å². The van der Waals surface area contributed by atoms with Gasteiger partial charge in [0.15, 0.2) is 10.9 Å². The molecule has 0 radical (unpaired) electrons. The number of nitrogens with one attached hydrogen (secondary N) is 2. The quantitative estimate of drug-likeness (QED) is 0.543. The van der Waals surface area contributed by atoms with Crippen molar-refractivity contribution in [1.82, 2.24) is 5.32 Å². The van der Waals surface area contributed by atoms with Crippen molar-refractivity contribution in [1.29, 1.82) is 0 Å². The summed E-state index contributed by atoms with van der Waals surface area (Å²) in [5.74, 6) is 0.0999. The Hall–Kier alpha value is -2.02. The van der Waals surface area contributed by atoms with Crippen molar-refractivity contribution < 1.29 is 14.6 Å². The highest BCUT2D eigenvalue weighted by atomic mass is 35.5. The van der Waals surface area contributed by atoms with Crippen LogP contribution in [-0.4, -0.2) is 22.7 Å². The SMILES string of the molecule is CCOc1ccc(C(=O)NC(=S)Nc2cc(Cl)c(O)c(Cl)c2)cc1. The number of phenolic OH excluding ortho intramolecular Hbond substituents is 1. The lowest BCUT2D eigenvalue weighted by molar-refractivity contribution is 0.0977. The maximum atomic E-state index is 12.1. The summed E-state index contributed by atoms with van der Waals surface area (Å²) in [6.07, 6.45) is 0. The zero-order valence-electron chi connectivity index (χ0n) is 12.6. The van der Waals surface area contributed by atoms with E-state index >= 15 is 0 Å². The van der Waals surface area contributed by atoms with Crippen molar-refractivity contribution in [3.05, 3.63) is 52.0 Å². The van der Waals surface area contributed by atoms with E-state index < -0.39 is 0 Å². The highest BCUT2D eigenvalue weighted by molar-refractivity contribution is 7.80. The number of ether oxygens (including phenoxy) is 1. The Labute approximate surface area is 154 Å². The van der Waals surface area contributed by atoms with Gasteiger partial charge in [-0.1, -0.05) is 23.2 Å². The van der Waals surface area contributed by atoms with Crippen LogP contribution >= 0.6 is 35.4 Å². The first-order chi connectivity index (χ1) is 11.4. The molecule has 0 aliphatic rings. The number of rotatable bonds is 4. The minimum atomic E-state index is -0.369. The van der Waals surface area contributed by atoms with Crippen molar-refractivity contribution >= 4 is 52.1 Å². The van der Waals surface area contributed by atoms with Gasteiger partial charge in [0, 0.05) is 11.3 Å². The third-order valence-electron chi connectivity index (χ3n) is 2.93. The molecule has 126 valence electrons. The highest BCUT2D eigenvalue weighted by Gasteiger charge is 2.11. The fourth-order valence-electron chi connectivity index (χ4n) is 1.84. The van der Waals surface area contributed by atoms with Gasteiger partial charge >= 0.3 is 0 Å². The van der Waals surface area contributed by atoms with Crippen LogP contribution in [0.1, 0.15) is 17.3 Å². The largest absolute Gasteiger partial charge is 0.505 e. The van der Waals surface area contributed by atoms with Crippen molar-refractivity contribution in [3.63, 3.8) is 0 Å². The summed E-state index contributed by atoms with van der Waals surface area (Å²) in [6.45, 7) is 2.43. The van der Waals surface area contributed by atoms with E-state index in [4.69, 9.17) is 40.2 Å². The van der Waals surface area contributed by atoms with Crippen LogP contribution in [0, 0.1) is 0 Å². The molecule has 1 amide bonds. The molecule has 3 N–H and O–H groups in total. The van der Waals surface area contributed by atoms with Gasteiger partial charge in [-0.3, -0.25) is 10.1 Å². The van der Waals surface area contributed by atoms with E-state index in [-0.39, 0.29) is 26.8 Å². The molecule has 0 aliphatic heterocycles. The predicted molar refractivity (Wildman–Crippen MR) is 99.4 cm³/mol. The molecular formula is C16H14Cl2N2O3S. The second-order valence-corrected chi connectivity index (χ2v) is 5.88. The average molecular weight is 385 g/mol.